The molecule has 0 atom stereocenters. The Bertz CT molecular complexity index is 963. The molecular weight excluding hydrogens is 398 g/mol. The van der Waals surface area contributed by atoms with Crippen LogP contribution in [0.3, 0.4) is 0 Å². The summed E-state index contributed by atoms with van der Waals surface area (Å²) in [6.07, 6.45) is 0. The van der Waals surface area contributed by atoms with Crippen molar-refractivity contribution in [1.29, 1.82) is 0 Å². The lowest BCUT2D eigenvalue weighted by atomic mass is 10.1. The van der Waals surface area contributed by atoms with Gasteiger partial charge < -0.3 is 10.2 Å². The summed E-state index contributed by atoms with van der Waals surface area (Å²) in [5.74, 6) is -0.493. The highest BCUT2D eigenvalue weighted by molar-refractivity contribution is 7.89. The highest BCUT2D eigenvalue weighted by Crippen LogP contribution is 2.20. The van der Waals surface area contributed by atoms with E-state index in [1.54, 1.807) is 40.6 Å². The summed E-state index contributed by atoms with van der Waals surface area (Å²) in [5, 5.41) is 4.41. The van der Waals surface area contributed by atoms with Crippen LogP contribution in [0.5, 0.6) is 0 Å². The predicted molar refractivity (Wildman–Crippen MR) is 108 cm³/mol. The molecule has 1 aliphatic rings. The highest BCUT2D eigenvalue weighted by atomic mass is 32.2. The molecule has 0 radical (unpaired) electrons. The monoisotopic (exact) mass is 421 g/mol. The maximum Gasteiger partial charge on any atom is 0.261 e. The number of piperazine rings is 1. The van der Waals surface area contributed by atoms with Crippen molar-refractivity contribution in [1.82, 2.24) is 14.5 Å². The molecule has 0 spiro atoms. The van der Waals surface area contributed by atoms with E-state index in [0.29, 0.717) is 18.0 Å². The van der Waals surface area contributed by atoms with Crippen molar-refractivity contribution >= 4 is 33.2 Å². The summed E-state index contributed by atoms with van der Waals surface area (Å²) in [4.78, 5) is 26.7. The number of hydrogen-bond donors (Lipinski definition) is 1. The van der Waals surface area contributed by atoms with Gasteiger partial charge in [-0.3, -0.25) is 9.59 Å². The summed E-state index contributed by atoms with van der Waals surface area (Å²) in [6.45, 7) is 4.80. The topological polar surface area (TPSA) is 86.8 Å². The zero-order chi connectivity index (χ0) is 20.3. The summed E-state index contributed by atoms with van der Waals surface area (Å²) in [6, 6.07) is 8.58. The molecule has 1 aromatic carbocycles. The lowest BCUT2D eigenvalue weighted by molar-refractivity contribution is -0.131. The van der Waals surface area contributed by atoms with E-state index in [1.807, 2.05) is 13.8 Å². The van der Waals surface area contributed by atoms with Crippen LogP contribution in [0.15, 0.2) is 40.6 Å². The van der Waals surface area contributed by atoms with Gasteiger partial charge in [0.1, 0.15) is 0 Å². The molecule has 1 aliphatic heterocycles. The number of benzene rings is 1. The molecule has 2 amide bonds. The van der Waals surface area contributed by atoms with Crippen molar-refractivity contribution in [2.75, 3.05) is 32.7 Å². The summed E-state index contributed by atoms with van der Waals surface area (Å²) >= 11 is 1.31. The molecular formula is C19H23N3O4S2. The van der Waals surface area contributed by atoms with Crippen molar-refractivity contribution in [3.63, 3.8) is 0 Å². The number of carbonyl (C=O) groups is 2. The standard InChI is InChI=1S/C19H23N3O4S2/c1-14-5-6-16(12-15(14)2)28(25,26)22-9-7-21(8-10-22)18(23)13-20-19(24)17-4-3-11-27-17/h3-6,11-12H,7-10,13H2,1-2H3,(H,20,24). The van der Waals surface area contributed by atoms with Crippen LogP contribution in [0, 0.1) is 13.8 Å². The van der Waals surface area contributed by atoms with Crippen LogP contribution < -0.4 is 5.32 Å². The Hall–Kier alpha value is -2.23. The number of nitrogens with zero attached hydrogens (tertiary/aromatic N) is 2. The zero-order valence-corrected chi connectivity index (χ0v) is 17.5. The van der Waals surface area contributed by atoms with Gasteiger partial charge in [-0.25, -0.2) is 8.42 Å². The van der Waals surface area contributed by atoms with Crippen molar-refractivity contribution in [2.24, 2.45) is 0 Å². The van der Waals surface area contributed by atoms with Crippen LogP contribution in [0.2, 0.25) is 0 Å². The maximum absolute atomic E-state index is 12.8. The van der Waals surface area contributed by atoms with Crippen LogP contribution in [0.4, 0.5) is 0 Å². The van der Waals surface area contributed by atoms with Gasteiger partial charge in [0.15, 0.2) is 0 Å². The second kappa shape index (κ2) is 8.42. The molecule has 0 aliphatic carbocycles. The lowest BCUT2D eigenvalue weighted by Gasteiger charge is -2.34. The average molecular weight is 422 g/mol. The summed E-state index contributed by atoms with van der Waals surface area (Å²) in [7, 11) is -3.58. The van der Waals surface area contributed by atoms with E-state index in [0.717, 1.165) is 11.1 Å². The van der Waals surface area contributed by atoms with Gasteiger partial charge in [0.25, 0.3) is 5.91 Å². The van der Waals surface area contributed by atoms with E-state index in [2.05, 4.69) is 5.32 Å². The first-order valence-electron chi connectivity index (χ1n) is 8.96. The fourth-order valence-electron chi connectivity index (χ4n) is 2.96. The minimum absolute atomic E-state index is 0.0966. The third-order valence-electron chi connectivity index (χ3n) is 4.85. The first-order valence-corrected chi connectivity index (χ1v) is 11.3. The Morgan fingerprint density at radius 1 is 1.07 bits per heavy atom. The largest absolute Gasteiger partial charge is 0.342 e. The summed E-state index contributed by atoms with van der Waals surface area (Å²) in [5.41, 5.74) is 1.97. The number of aryl methyl sites for hydroxylation is 2. The SMILES string of the molecule is Cc1ccc(S(=O)(=O)N2CCN(C(=O)CNC(=O)c3cccs3)CC2)cc1C. The van der Waals surface area contributed by atoms with Crippen molar-refractivity contribution in [2.45, 2.75) is 18.7 Å². The highest BCUT2D eigenvalue weighted by Gasteiger charge is 2.30. The van der Waals surface area contributed by atoms with E-state index < -0.39 is 10.0 Å². The molecule has 7 nitrogen and oxygen atoms in total. The molecule has 1 fully saturated rings. The molecule has 2 heterocycles. The van der Waals surface area contributed by atoms with E-state index in [1.165, 1.54) is 15.6 Å². The van der Waals surface area contributed by atoms with Gasteiger partial charge in [-0.2, -0.15) is 4.31 Å². The molecule has 0 bridgehead atoms. The van der Waals surface area contributed by atoms with Gasteiger partial charge in [0.05, 0.1) is 16.3 Å². The normalized spacial score (nSPS) is 15.4. The first-order chi connectivity index (χ1) is 13.3. The molecule has 1 saturated heterocycles. The Balaban J connectivity index is 1.55. The van der Waals surface area contributed by atoms with Crippen LogP contribution in [-0.2, 0) is 14.8 Å². The minimum Gasteiger partial charge on any atom is -0.342 e. The fraction of sp³-hybridized carbons (Fsp3) is 0.368. The average Bonchev–Trinajstić information content (AvgIpc) is 3.23. The number of hydrogen-bond acceptors (Lipinski definition) is 5. The van der Waals surface area contributed by atoms with Gasteiger partial charge >= 0.3 is 0 Å². The van der Waals surface area contributed by atoms with Gasteiger partial charge in [0, 0.05) is 26.2 Å². The van der Waals surface area contributed by atoms with E-state index in [4.69, 9.17) is 0 Å². The summed E-state index contributed by atoms with van der Waals surface area (Å²) < 4.78 is 27.1. The van der Waals surface area contributed by atoms with Crippen LogP contribution in [0.25, 0.3) is 0 Å². The number of carbonyl (C=O) groups excluding carboxylic acids is 2. The second-order valence-corrected chi connectivity index (χ2v) is 9.58. The lowest BCUT2D eigenvalue weighted by Crippen LogP contribution is -2.52. The number of thiophene rings is 1. The number of amides is 2. The van der Waals surface area contributed by atoms with E-state index >= 15 is 0 Å². The second-order valence-electron chi connectivity index (χ2n) is 6.69. The zero-order valence-electron chi connectivity index (χ0n) is 15.8. The molecule has 28 heavy (non-hydrogen) atoms. The van der Waals surface area contributed by atoms with Crippen molar-refractivity contribution < 1.29 is 18.0 Å². The Kier molecular flexibility index (Phi) is 6.17. The van der Waals surface area contributed by atoms with Crippen molar-refractivity contribution in [3.05, 3.63) is 51.7 Å². The molecule has 9 heteroatoms. The third kappa shape index (κ3) is 4.43. The van der Waals surface area contributed by atoms with Gasteiger partial charge in [-0.15, -0.1) is 11.3 Å². The number of rotatable bonds is 5. The maximum atomic E-state index is 12.8. The molecule has 2 aromatic rings. The van der Waals surface area contributed by atoms with E-state index in [9.17, 15) is 18.0 Å². The van der Waals surface area contributed by atoms with Gasteiger partial charge in [-0.1, -0.05) is 12.1 Å². The number of nitrogens with one attached hydrogen (secondary N) is 1. The molecule has 150 valence electrons. The van der Waals surface area contributed by atoms with Crippen LogP contribution in [0.1, 0.15) is 20.8 Å². The molecule has 1 N–H and O–H groups in total. The van der Waals surface area contributed by atoms with Crippen molar-refractivity contribution in [3.8, 4) is 0 Å². The smallest absolute Gasteiger partial charge is 0.261 e. The van der Waals surface area contributed by atoms with E-state index in [-0.39, 0.29) is 36.3 Å². The Morgan fingerprint density at radius 2 is 1.79 bits per heavy atom. The molecule has 0 saturated carbocycles. The predicted octanol–water partition coefficient (Wildman–Crippen LogP) is 1.63. The minimum atomic E-state index is -3.58. The van der Waals surface area contributed by atoms with Gasteiger partial charge in [-0.05, 0) is 48.6 Å². The van der Waals surface area contributed by atoms with Crippen LogP contribution in [-0.4, -0.2) is 62.2 Å². The fourth-order valence-corrected chi connectivity index (χ4v) is 5.11. The Labute approximate surface area is 169 Å². The number of sulfonamides is 1. The first kappa shape index (κ1) is 20.5. The Morgan fingerprint density at radius 3 is 2.39 bits per heavy atom. The van der Waals surface area contributed by atoms with Gasteiger partial charge in [0.2, 0.25) is 15.9 Å². The molecule has 0 unspecified atom stereocenters. The molecule has 1 aromatic heterocycles. The molecule has 3 rings (SSSR count). The third-order valence-corrected chi connectivity index (χ3v) is 7.62. The van der Waals surface area contributed by atoms with Crippen LogP contribution >= 0.6 is 11.3 Å². The quantitative estimate of drug-likeness (QED) is 0.795.